The van der Waals surface area contributed by atoms with Crippen molar-refractivity contribution >= 4 is 11.8 Å². The van der Waals surface area contributed by atoms with Gasteiger partial charge in [0.2, 0.25) is 5.91 Å². The fourth-order valence-corrected chi connectivity index (χ4v) is 4.92. The van der Waals surface area contributed by atoms with Gasteiger partial charge in [0.1, 0.15) is 0 Å². The van der Waals surface area contributed by atoms with E-state index in [1.807, 2.05) is 54.3 Å². The number of aromatic nitrogens is 1. The van der Waals surface area contributed by atoms with E-state index in [1.54, 1.807) is 6.20 Å². The van der Waals surface area contributed by atoms with Crippen molar-refractivity contribution in [3.8, 4) is 0 Å². The minimum absolute atomic E-state index is 0.0924. The Balaban J connectivity index is 1.39. The van der Waals surface area contributed by atoms with Gasteiger partial charge in [-0.25, -0.2) is 0 Å². The van der Waals surface area contributed by atoms with E-state index in [-0.39, 0.29) is 17.9 Å². The van der Waals surface area contributed by atoms with E-state index in [2.05, 4.69) is 15.2 Å². The summed E-state index contributed by atoms with van der Waals surface area (Å²) in [6, 6.07) is 13.4. The Morgan fingerprint density at radius 3 is 2.42 bits per heavy atom. The highest BCUT2D eigenvalue weighted by molar-refractivity contribution is 5.95. The molecule has 2 heterocycles. The van der Waals surface area contributed by atoms with E-state index in [1.165, 1.54) is 12.8 Å². The summed E-state index contributed by atoms with van der Waals surface area (Å²) in [5.74, 6) is 0.577. The number of hydrogen-bond donors (Lipinski definition) is 1. The number of amides is 2. The summed E-state index contributed by atoms with van der Waals surface area (Å²) < 4.78 is 0. The molecule has 0 spiro atoms. The minimum Gasteiger partial charge on any atom is -0.349 e. The molecule has 0 radical (unpaired) electrons. The number of nitrogens with zero attached hydrogens (tertiary/aromatic N) is 3. The molecule has 2 aliphatic rings. The Kier molecular flexibility index (Phi) is 6.97. The van der Waals surface area contributed by atoms with Crippen LogP contribution in [-0.4, -0.2) is 58.8 Å². The third-order valence-corrected chi connectivity index (χ3v) is 6.66. The fraction of sp³-hybridized carbons (Fsp3) is 0.480. The molecule has 164 valence electrons. The molecule has 4 rings (SSSR count). The van der Waals surface area contributed by atoms with Gasteiger partial charge < -0.3 is 10.2 Å². The van der Waals surface area contributed by atoms with E-state index >= 15 is 0 Å². The quantitative estimate of drug-likeness (QED) is 0.780. The average Bonchev–Trinajstić information content (AvgIpc) is 3.33. The van der Waals surface area contributed by atoms with Crippen LogP contribution in [0, 0.1) is 12.8 Å². The van der Waals surface area contributed by atoms with E-state index in [9.17, 15) is 9.59 Å². The predicted molar refractivity (Wildman–Crippen MR) is 120 cm³/mol. The second-order valence-electron chi connectivity index (χ2n) is 8.67. The molecular weight excluding hydrogens is 388 g/mol. The number of carbonyl (C=O) groups is 2. The Hall–Kier alpha value is -2.73. The lowest BCUT2D eigenvalue weighted by molar-refractivity contribution is -0.129. The van der Waals surface area contributed by atoms with Gasteiger partial charge in [0.25, 0.3) is 5.91 Å². The summed E-state index contributed by atoms with van der Waals surface area (Å²) in [4.78, 5) is 34.7. The third-order valence-electron chi connectivity index (χ3n) is 6.66. The molecule has 31 heavy (non-hydrogen) atoms. The van der Waals surface area contributed by atoms with Crippen molar-refractivity contribution in [2.45, 2.75) is 45.2 Å². The lowest BCUT2D eigenvalue weighted by atomic mass is 9.95. The van der Waals surface area contributed by atoms with E-state index in [0.717, 1.165) is 42.8 Å². The van der Waals surface area contributed by atoms with Crippen molar-refractivity contribution in [2.24, 2.45) is 5.92 Å². The van der Waals surface area contributed by atoms with Gasteiger partial charge in [0.15, 0.2) is 0 Å². The molecule has 1 aliphatic heterocycles. The Bertz CT molecular complexity index is 887. The molecule has 2 amide bonds. The SMILES string of the molecule is Cc1ccccc1C(=O)N1CCN(C(C(=O)NCc2ccccn2)C2CCCC2)CC1. The van der Waals surface area contributed by atoms with Gasteiger partial charge in [0, 0.05) is 37.9 Å². The van der Waals surface area contributed by atoms with Gasteiger partial charge in [0.05, 0.1) is 18.3 Å². The Morgan fingerprint density at radius 1 is 1.03 bits per heavy atom. The molecule has 1 N–H and O–H groups in total. The average molecular weight is 421 g/mol. The lowest BCUT2D eigenvalue weighted by Gasteiger charge is -2.40. The molecule has 2 aromatic rings. The van der Waals surface area contributed by atoms with Crippen LogP contribution < -0.4 is 5.32 Å². The highest BCUT2D eigenvalue weighted by atomic mass is 16.2. The highest BCUT2D eigenvalue weighted by Crippen LogP contribution is 2.31. The number of piperazine rings is 1. The van der Waals surface area contributed by atoms with Crippen molar-refractivity contribution in [3.05, 3.63) is 65.5 Å². The maximum atomic E-state index is 13.2. The monoisotopic (exact) mass is 420 g/mol. The molecular formula is C25H32N4O2. The van der Waals surface area contributed by atoms with Crippen LogP contribution in [0.4, 0.5) is 0 Å². The van der Waals surface area contributed by atoms with Crippen LogP contribution in [0.25, 0.3) is 0 Å². The van der Waals surface area contributed by atoms with Crippen LogP contribution in [0.15, 0.2) is 48.7 Å². The number of carbonyl (C=O) groups excluding carboxylic acids is 2. The normalized spacial score (nSPS) is 18.7. The number of rotatable bonds is 6. The lowest BCUT2D eigenvalue weighted by Crippen LogP contribution is -2.58. The standard InChI is InChI=1S/C25H32N4O2/c1-19-8-2-5-12-22(19)25(31)29-16-14-28(15-17-29)23(20-9-3-4-10-20)24(30)27-18-21-11-6-7-13-26-21/h2,5-8,11-13,20,23H,3-4,9-10,14-18H2,1H3,(H,27,30). The molecule has 6 nitrogen and oxygen atoms in total. The zero-order valence-corrected chi connectivity index (χ0v) is 18.3. The van der Waals surface area contributed by atoms with Crippen LogP contribution >= 0.6 is 0 Å². The number of benzene rings is 1. The zero-order valence-electron chi connectivity index (χ0n) is 18.3. The van der Waals surface area contributed by atoms with Gasteiger partial charge in [-0.15, -0.1) is 0 Å². The Morgan fingerprint density at radius 2 is 1.74 bits per heavy atom. The molecule has 1 atom stereocenters. The first kappa shape index (κ1) is 21.5. The van der Waals surface area contributed by atoms with E-state index in [4.69, 9.17) is 0 Å². The number of hydrogen-bond acceptors (Lipinski definition) is 4. The van der Waals surface area contributed by atoms with Gasteiger partial charge in [-0.05, 0) is 49.4 Å². The van der Waals surface area contributed by atoms with Gasteiger partial charge in [-0.2, -0.15) is 0 Å². The first-order valence-corrected chi connectivity index (χ1v) is 11.4. The molecule has 1 saturated heterocycles. The zero-order chi connectivity index (χ0) is 21.6. The molecule has 1 saturated carbocycles. The minimum atomic E-state index is -0.123. The molecule has 0 bridgehead atoms. The van der Waals surface area contributed by atoms with Crippen LogP contribution in [0.2, 0.25) is 0 Å². The van der Waals surface area contributed by atoms with Crippen LogP contribution in [-0.2, 0) is 11.3 Å². The summed E-state index contributed by atoms with van der Waals surface area (Å²) in [6.07, 6.45) is 6.34. The van der Waals surface area contributed by atoms with Crippen molar-refractivity contribution in [3.63, 3.8) is 0 Å². The first-order chi connectivity index (χ1) is 15.1. The maximum Gasteiger partial charge on any atom is 0.254 e. The van der Waals surface area contributed by atoms with Crippen molar-refractivity contribution in [1.82, 2.24) is 20.1 Å². The molecule has 1 aromatic heterocycles. The second kappa shape index (κ2) is 10.1. The summed E-state index contributed by atoms with van der Waals surface area (Å²) in [7, 11) is 0. The van der Waals surface area contributed by atoms with Gasteiger partial charge in [-0.3, -0.25) is 19.5 Å². The molecule has 6 heteroatoms. The van der Waals surface area contributed by atoms with Crippen molar-refractivity contribution < 1.29 is 9.59 Å². The first-order valence-electron chi connectivity index (χ1n) is 11.4. The van der Waals surface area contributed by atoms with Crippen LogP contribution in [0.5, 0.6) is 0 Å². The third kappa shape index (κ3) is 5.13. The van der Waals surface area contributed by atoms with Crippen LogP contribution in [0.3, 0.4) is 0 Å². The smallest absolute Gasteiger partial charge is 0.254 e. The van der Waals surface area contributed by atoms with Crippen molar-refractivity contribution in [2.75, 3.05) is 26.2 Å². The summed E-state index contributed by atoms with van der Waals surface area (Å²) in [5, 5.41) is 3.12. The number of pyridine rings is 1. The van der Waals surface area contributed by atoms with E-state index in [0.29, 0.717) is 25.6 Å². The molecule has 1 aliphatic carbocycles. The molecule has 1 unspecified atom stereocenters. The van der Waals surface area contributed by atoms with Gasteiger partial charge >= 0.3 is 0 Å². The van der Waals surface area contributed by atoms with Crippen molar-refractivity contribution in [1.29, 1.82) is 0 Å². The number of nitrogens with one attached hydrogen (secondary N) is 1. The topological polar surface area (TPSA) is 65.5 Å². The molecule has 2 fully saturated rings. The highest BCUT2D eigenvalue weighted by Gasteiger charge is 2.37. The largest absolute Gasteiger partial charge is 0.349 e. The van der Waals surface area contributed by atoms with Crippen LogP contribution in [0.1, 0.15) is 47.3 Å². The summed E-state index contributed by atoms with van der Waals surface area (Å²) in [6.45, 7) is 5.21. The summed E-state index contributed by atoms with van der Waals surface area (Å²) in [5.41, 5.74) is 2.65. The fourth-order valence-electron chi connectivity index (χ4n) is 4.92. The second-order valence-corrected chi connectivity index (χ2v) is 8.67. The summed E-state index contributed by atoms with van der Waals surface area (Å²) >= 11 is 0. The Labute approximate surface area is 184 Å². The molecule has 1 aromatic carbocycles. The predicted octanol–water partition coefficient (Wildman–Crippen LogP) is 3.02. The number of aryl methyl sites for hydroxylation is 1. The van der Waals surface area contributed by atoms with Gasteiger partial charge in [-0.1, -0.05) is 37.1 Å². The maximum absolute atomic E-state index is 13.2. The van der Waals surface area contributed by atoms with E-state index < -0.39 is 0 Å².